The van der Waals surface area contributed by atoms with Crippen molar-refractivity contribution >= 4 is 23.8 Å². The van der Waals surface area contributed by atoms with Gasteiger partial charge in [-0.3, -0.25) is 14.4 Å². The van der Waals surface area contributed by atoms with Crippen LogP contribution in [0.1, 0.15) is 20.3 Å². The molecule has 0 bridgehead atoms. The summed E-state index contributed by atoms with van der Waals surface area (Å²) in [5.41, 5.74) is 0. The number of hydrogen-bond acceptors (Lipinski definition) is 4. The van der Waals surface area contributed by atoms with E-state index in [4.69, 9.17) is 5.11 Å². The van der Waals surface area contributed by atoms with Crippen molar-refractivity contribution in [3.8, 4) is 0 Å². The Hall–Kier alpha value is -2.32. The molecule has 0 saturated heterocycles. The van der Waals surface area contributed by atoms with Gasteiger partial charge in [0, 0.05) is 6.54 Å². The summed E-state index contributed by atoms with van der Waals surface area (Å²) in [6.45, 7) is 3.04. The molecular formula is C11H20N4O5. The average Bonchev–Trinajstić information content (AvgIpc) is 2.39. The maximum atomic E-state index is 11.5. The molecule has 0 aromatic carbocycles. The quantitative estimate of drug-likeness (QED) is 0.366. The van der Waals surface area contributed by atoms with E-state index in [9.17, 15) is 19.2 Å². The highest BCUT2D eigenvalue weighted by Gasteiger charge is 2.15. The fourth-order valence-electron chi connectivity index (χ4n) is 1.11. The van der Waals surface area contributed by atoms with Gasteiger partial charge in [-0.1, -0.05) is 6.92 Å². The number of amides is 4. The Labute approximate surface area is 116 Å². The summed E-state index contributed by atoms with van der Waals surface area (Å²) in [4.78, 5) is 44.1. The molecule has 114 valence electrons. The van der Waals surface area contributed by atoms with Crippen molar-refractivity contribution in [2.75, 3.05) is 19.6 Å². The van der Waals surface area contributed by atoms with Gasteiger partial charge in [0.15, 0.2) is 0 Å². The van der Waals surface area contributed by atoms with Gasteiger partial charge in [0.25, 0.3) is 0 Å². The number of nitrogens with one attached hydrogen (secondary N) is 4. The van der Waals surface area contributed by atoms with Gasteiger partial charge >= 0.3 is 12.0 Å². The molecule has 0 spiro atoms. The number of aliphatic carboxylic acids is 1. The first kappa shape index (κ1) is 17.7. The largest absolute Gasteiger partial charge is 0.480 e. The Morgan fingerprint density at radius 1 is 1.05 bits per heavy atom. The molecule has 0 heterocycles. The molecule has 0 aliphatic rings. The minimum Gasteiger partial charge on any atom is -0.480 e. The zero-order valence-electron chi connectivity index (χ0n) is 11.5. The Bertz CT molecular complexity index is 372. The molecule has 0 saturated carbocycles. The zero-order chi connectivity index (χ0) is 15.5. The summed E-state index contributed by atoms with van der Waals surface area (Å²) in [5, 5.41) is 17.6. The number of carboxylic acid groups (broad SMARTS) is 1. The van der Waals surface area contributed by atoms with Gasteiger partial charge in [-0.25, -0.2) is 4.79 Å². The van der Waals surface area contributed by atoms with Crippen LogP contribution in [-0.2, 0) is 14.4 Å². The summed E-state index contributed by atoms with van der Waals surface area (Å²) in [5.74, 6) is -2.13. The lowest BCUT2D eigenvalue weighted by Crippen LogP contribution is -2.50. The first-order valence-electron chi connectivity index (χ1n) is 6.17. The van der Waals surface area contributed by atoms with Crippen LogP contribution in [-0.4, -0.2) is 54.6 Å². The van der Waals surface area contributed by atoms with E-state index < -0.39 is 30.5 Å². The van der Waals surface area contributed by atoms with Crippen molar-refractivity contribution in [1.82, 2.24) is 21.3 Å². The Morgan fingerprint density at radius 3 is 2.25 bits per heavy atom. The molecule has 0 aromatic heterocycles. The van der Waals surface area contributed by atoms with Crippen molar-refractivity contribution in [2.45, 2.75) is 26.3 Å². The topological polar surface area (TPSA) is 137 Å². The number of rotatable bonds is 8. The highest BCUT2D eigenvalue weighted by atomic mass is 16.4. The molecule has 1 unspecified atom stereocenters. The first-order chi connectivity index (χ1) is 9.36. The Balaban J connectivity index is 3.90. The van der Waals surface area contributed by atoms with Crippen molar-refractivity contribution in [3.05, 3.63) is 0 Å². The highest BCUT2D eigenvalue weighted by molar-refractivity contribution is 5.89. The molecule has 0 fully saturated rings. The van der Waals surface area contributed by atoms with E-state index in [0.717, 1.165) is 6.42 Å². The molecule has 0 aliphatic heterocycles. The second kappa shape index (κ2) is 9.59. The number of carbonyl (C=O) groups excluding carboxylic acids is 3. The molecule has 1 atom stereocenters. The molecular weight excluding hydrogens is 268 g/mol. The third-order valence-electron chi connectivity index (χ3n) is 2.14. The van der Waals surface area contributed by atoms with E-state index >= 15 is 0 Å². The van der Waals surface area contributed by atoms with E-state index in [2.05, 4.69) is 21.3 Å². The fraction of sp³-hybridized carbons (Fsp3) is 0.636. The van der Waals surface area contributed by atoms with Gasteiger partial charge in [0.2, 0.25) is 11.8 Å². The van der Waals surface area contributed by atoms with E-state index in [1.807, 2.05) is 6.92 Å². The van der Waals surface area contributed by atoms with Crippen LogP contribution in [0.3, 0.4) is 0 Å². The van der Waals surface area contributed by atoms with Crippen molar-refractivity contribution < 1.29 is 24.3 Å². The minimum atomic E-state index is -1.18. The lowest BCUT2D eigenvalue weighted by Gasteiger charge is -2.14. The van der Waals surface area contributed by atoms with Crippen LogP contribution in [0.4, 0.5) is 4.79 Å². The van der Waals surface area contributed by atoms with Gasteiger partial charge in [-0.05, 0) is 13.3 Å². The van der Waals surface area contributed by atoms with Gasteiger partial charge in [0.05, 0.1) is 6.54 Å². The molecule has 5 N–H and O–H groups in total. The van der Waals surface area contributed by atoms with E-state index in [0.29, 0.717) is 6.54 Å². The van der Waals surface area contributed by atoms with Gasteiger partial charge in [-0.15, -0.1) is 0 Å². The SMILES string of the molecule is CCCNC(=O)C(C)NC(=O)NCC(=O)NCC(=O)O. The molecule has 9 nitrogen and oxygen atoms in total. The number of carbonyl (C=O) groups is 4. The number of urea groups is 1. The Kier molecular flexibility index (Phi) is 8.48. The van der Waals surface area contributed by atoms with Crippen LogP contribution in [0.15, 0.2) is 0 Å². The molecule has 0 aromatic rings. The van der Waals surface area contributed by atoms with E-state index in [-0.39, 0.29) is 12.5 Å². The normalized spacial score (nSPS) is 11.1. The summed E-state index contributed by atoms with van der Waals surface area (Å²) >= 11 is 0. The second-order valence-electron chi connectivity index (χ2n) is 4.01. The second-order valence-corrected chi connectivity index (χ2v) is 4.01. The maximum Gasteiger partial charge on any atom is 0.322 e. The third-order valence-corrected chi connectivity index (χ3v) is 2.14. The van der Waals surface area contributed by atoms with E-state index in [1.165, 1.54) is 6.92 Å². The molecule has 20 heavy (non-hydrogen) atoms. The average molecular weight is 288 g/mol. The number of hydrogen-bond donors (Lipinski definition) is 5. The summed E-state index contributed by atoms with van der Waals surface area (Å²) < 4.78 is 0. The van der Waals surface area contributed by atoms with Crippen LogP contribution >= 0.6 is 0 Å². The van der Waals surface area contributed by atoms with Crippen LogP contribution in [0.2, 0.25) is 0 Å². The lowest BCUT2D eigenvalue weighted by molar-refractivity contribution is -0.137. The lowest BCUT2D eigenvalue weighted by atomic mass is 10.3. The zero-order valence-corrected chi connectivity index (χ0v) is 11.5. The van der Waals surface area contributed by atoms with Crippen LogP contribution in [0, 0.1) is 0 Å². The Morgan fingerprint density at radius 2 is 1.70 bits per heavy atom. The molecule has 0 aliphatic carbocycles. The minimum absolute atomic E-state index is 0.322. The van der Waals surface area contributed by atoms with Gasteiger partial charge in [-0.2, -0.15) is 0 Å². The van der Waals surface area contributed by atoms with Crippen LogP contribution < -0.4 is 21.3 Å². The monoisotopic (exact) mass is 288 g/mol. The predicted octanol–water partition coefficient (Wildman–Crippen LogP) is -1.60. The predicted molar refractivity (Wildman–Crippen MR) is 69.9 cm³/mol. The summed E-state index contributed by atoms with van der Waals surface area (Å²) in [7, 11) is 0. The molecule has 0 radical (unpaired) electrons. The van der Waals surface area contributed by atoms with Crippen molar-refractivity contribution in [2.24, 2.45) is 0 Å². The third kappa shape index (κ3) is 8.72. The van der Waals surface area contributed by atoms with Crippen LogP contribution in [0.5, 0.6) is 0 Å². The number of carboxylic acids is 1. The smallest absolute Gasteiger partial charge is 0.322 e. The highest BCUT2D eigenvalue weighted by Crippen LogP contribution is 1.83. The standard InChI is InChI=1S/C11H20N4O5/c1-3-4-12-10(19)7(2)15-11(20)14-5-8(16)13-6-9(17)18/h7H,3-6H2,1-2H3,(H,12,19)(H,13,16)(H,17,18)(H2,14,15,20). The first-order valence-corrected chi connectivity index (χ1v) is 6.17. The van der Waals surface area contributed by atoms with E-state index in [1.54, 1.807) is 0 Å². The molecule has 0 rings (SSSR count). The fourth-order valence-corrected chi connectivity index (χ4v) is 1.11. The van der Waals surface area contributed by atoms with Gasteiger partial charge in [0.1, 0.15) is 12.6 Å². The van der Waals surface area contributed by atoms with Crippen molar-refractivity contribution in [1.29, 1.82) is 0 Å². The summed E-state index contributed by atoms with van der Waals surface area (Å²) in [6.07, 6.45) is 0.786. The summed E-state index contributed by atoms with van der Waals surface area (Å²) in [6, 6.07) is -1.42. The van der Waals surface area contributed by atoms with Crippen molar-refractivity contribution in [3.63, 3.8) is 0 Å². The molecule has 9 heteroatoms. The molecule has 4 amide bonds. The maximum absolute atomic E-state index is 11.5. The van der Waals surface area contributed by atoms with Crippen LogP contribution in [0.25, 0.3) is 0 Å². The van der Waals surface area contributed by atoms with Gasteiger partial charge < -0.3 is 26.4 Å².